The first kappa shape index (κ1) is 21.0. The van der Waals surface area contributed by atoms with Gasteiger partial charge in [0.25, 0.3) is 0 Å². The minimum absolute atomic E-state index is 0.742. The van der Waals surface area contributed by atoms with Crippen molar-refractivity contribution >= 4 is 12.0 Å². The number of para-hydroxylation sites is 1. The number of allylic oxidation sites excluding steroid dienone is 5. The molecule has 0 amide bonds. The number of anilines is 1. The van der Waals surface area contributed by atoms with Crippen LogP contribution < -0.4 is 4.90 Å². The van der Waals surface area contributed by atoms with Gasteiger partial charge in [-0.05, 0) is 65.5 Å². The number of carbonyl (C=O) groups excluding carboxylic acids is 1. The van der Waals surface area contributed by atoms with Crippen LogP contribution in [0.3, 0.4) is 0 Å². The maximum absolute atomic E-state index is 11.1. The van der Waals surface area contributed by atoms with Crippen molar-refractivity contribution in [3.8, 4) is 0 Å². The number of hydrogen-bond acceptors (Lipinski definition) is 2. The van der Waals surface area contributed by atoms with Gasteiger partial charge >= 0.3 is 0 Å². The summed E-state index contributed by atoms with van der Waals surface area (Å²) in [6.07, 6.45) is 12.3. The minimum Gasteiger partial charge on any atom is -0.370 e. The van der Waals surface area contributed by atoms with Crippen molar-refractivity contribution in [3.05, 3.63) is 64.8 Å². The molecule has 0 aromatic heterocycles. The summed E-state index contributed by atoms with van der Waals surface area (Å²) < 4.78 is 0. The van der Waals surface area contributed by atoms with Crippen LogP contribution in [0.2, 0.25) is 0 Å². The molecule has 0 N–H and O–H groups in total. The Labute approximate surface area is 153 Å². The average Bonchev–Trinajstić information content (AvgIpc) is 2.59. The molecule has 0 spiro atoms. The molecule has 0 unspecified atom stereocenters. The lowest BCUT2D eigenvalue weighted by Crippen LogP contribution is -2.18. The highest BCUT2D eigenvalue weighted by Crippen LogP contribution is 2.18. The Morgan fingerprint density at radius 1 is 0.920 bits per heavy atom. The first-order valence-electron chi connectivity index (χ1n) is 9.14. The van der Waals surface area contributed by atoms with E-state index in [1.165, 1.54) is 16.7 Å². The van der Waals surface area contributed by atoms with Gasteiger partial charge < -0.3 is 4.90 Å². The molecule has 1 aromatic carbocycles. The monoisotopic (exact) mass is 339 g/mol. The Morgan fingerprint density at radius 2 is 1.52 bits per heavy atom. The van der Waals surface area contributed by atoms with Gasteiger partial charge in [0.05, 0.1) is 0 Å². The van der Waals surface area contributed by atoms with E-state index in [-0.39, 0.29) is 0 Å². The number of nitrogens with zero attached hydrogens (tertiary/aromatic N) is 1. The van der Waals surface area contributed by atoms with Gasteiger partial charge in [-0.1, -0.05) is 47.1 Å². The van der Waals surface area contributed by atoms with E-state index < -0.39 is 0 Å². The summed E-state index contributed by atoms with van der Waals surface area (Å²) in [6.45, 7) is 9.53. The predicted molar refractivity (Wildman–Crippen MR) is 111 cm³/mol. The van der Waals surface area contributed by atoms with Crippen LogP contribution >= 0.6 is 0 Å². The van der Waals surface area contributed by atoms with Gasteiger partial charge in [0.2, 0.25) is 0 Å². The Morgan fingerprint density at radius 3 is 2.16 bits per heavy atom. The normalized spacial score (nSPS) is 12.0. The number of aldehydes is 1. The first-order valence-corrected chi connectivity index (χ1v) is 9.14. The molecule has 0 aliphatic rings. The molecule has 0 atom stereocenters. The van der Waals surface area contributed by atoms with E-state index in [4.69, 9.17) is 0 Å². The van der Waals surface area contributed by atoms with E-state index in [0.717, 1.165) is 49.8 Å². The number of carbonyl (C=O) groups is 1. The van der Waals surface area contributed by atoms with Crippen LogP contribution in [0.4, 0.5) is 5.69 Å². The second-order valence-corrected chi connectivity index (χ2v) is 7.02. The quantitative estimate of drug-likeness (QED) is 0.365. The van der Waals surface area contributed by atoms with Gasteiger partial charge in [0, 0.05) is 24.8 Å². The van der Waals surface area contributed by atoms with Crippen molar-refractivity contribution in [1.82, 2.24) is 0 Å². The molecule has 0 aliphatic heterocycles. The van der Waals surface area contributed by atoms with Gasteiger partial charge in [0.1, 0.15) is 0 Å². The van der Waals surface area contributed by atoms with Gasteiger partial charge in [0.15, 0.2) is 6.29 Å². The maximum Gasteiger partial charge on any atom is 0.152 e. The molecule has 0 heterocycles. The van der Waals surface area contributed by atoms with Crippen molar-refractivity contribution in [1.29, 1.82) is 0 Å². The molecule has 1 aromatic rings. The number of hydrogen-bond donors (Lipinski definition) is 0. The second kappa shape index (κ2) is 11.5. The Balaban J connectivity index is 2.45. The summed E-state index contributed by atoms with van der Waals surface area (Å²) in [6, 6.07) is 7.72. The average molecular weight is 340 g/mol. The maximum atomic E-state index is 11.1. The smallest absolute Gasteiger partial charge is 0.152 e. The van der Waals surface area contributed by atoms with Crippen molar-refractivity contribution < 1.29 is 4.79 Å². The van der Waals surface area contributed by atoms with E-state index in [2.05, 4.69) is 50.8 Å². The van der Waals surface area contributed by atoms with E-state index in [9.17, 15) is 4.79 Å². The third-order valence-electron chi connectivity index (χ3n) is 4.31. The van der Waals surface area contributed by atoms with Crippen LogP contribution in [0, 0.1) is 0 Å². The summed E-state index contributed by atoms with van der Waals surface area (Å²) in [4.78, 5) is 13.3. The molecule has 2 nitrogen and oxygen atoms in total. The zero-order chi connectivity index (χ0) is 18.7. The zero-order valence-corrected chi connectivity index (χ0v) is 16.5. The van der Waals surface area contributed by atoms with Crippen LogP contribution in [0.1, 0.15) is 63.7 Å². The minimum atomic E-state index is 0.742. The molecule has 0 saturated carbocycles. The highest BCUT2D eigenvalue weighted by atomic mass is 16.1. The molecular formula is C23H33NO. The molecule has 0 aliphatic carbocycles. The summed E-state index contributed by atoms with van der Waals surface area (Å²) >= 11 is 0. The largest absolute Gasteiger partial charge is 0.370 e. The Kier molecular flexibility index (Phi) is 9.61. The van der Waals surface area contributed by atoms with Crippen molar-refractivity contribution in [2.45, 2.75) is 53.4 Å². The topological polar surface area (TPSA) is 20.3 Å². The third kappa shape index (κ3) is 8.53. The van der Waals surface area contributed by atoms with Gasteiger partial charge in [-0.2, -0.15) is 0 Å². The zero-order valence-electron chi connectivity index (χ0n) is 16.5. The van der Waals surface area contributed by atoms with Crippen LogP contribution in [0.25, 0.3) is 0 Å². The van der Waals surface area contributed by atoms with Gasteiger partial charge in [-0.15, -0.1) is 0 Å². The fourth-order valence-electron chi connectivity index (χ4n) is 2.66. The lowest BCUT2D eigenvalue weighted by Gasteiger charge is -2.19. The molecule has 0 bridgehead atoms. The van der Waals surface area contributed by atoms with Gasteiger partial charge in [-0.3, -0.25) is 4.79 Å². The number of rotatable bonds is 10. The standard InChI is InChI=1S/C23H33NO/c1-19(2)10-8-11-20(3)12-9-13-21(4)16-17-24(5)23-15-7-6-14-22(23)18-25/h6-7,10,12,14-16,18H,8-9,11,13,17H2,1-5H3. The lowest BCUT2D eigenvalue weighted by molar-refractivity contribution is 0.112. The van der Waals surface area contributed by atoms with Gasteiger partial charge in [-0.25, -0.2) is 0 Å². The van der Waals surface area contributed by atoms with E-state index >= 15 is 0 Å². The lowest BCUT2D eigenvalue weighted by atomic mass is 10.1. The van der Waals surface area contributed by atoms with Crippen molar-refractivity contribution in [3.63, 3.8) is 0 Å². The third-order valence-corrected chi connectivity index (χ3v) is 4.31. The highest BCUT2D eigenvalue weighted by Gasteiger charge is 2.04. The summed E-state index contributed by atoms with van der Waals surface area (Å²) in [5.41, 5.74) is 5.99. The summed E-state index contributed by atoms with van der Waals surface area (Å²) in [5, 5.41) is 0. The predicted octanol–water partition coefficient (Wildman–Crippen LogP) is 6.35. The summed E-state index contributed by atoms with van der Waals surface area (Å²) in [5.74, 6) is 0. The molecule has 0 fully saturated rings. The molecular weight excluding hydrogens is 306 g/mol. The SMILES string of the molecule is CC(C)=CCCC(C)=CCCC(C)=CCN(C)c1ccccc1C=O. The molecule has 25 heavy (non-hydrogen) atoms. The molecule has 1 rings (SSSR count). The highest BCUT2D eigenvalue weighted by molar-refractivity contribution is 5.84. The number of likely N-dealkylation sites (N-methyl/N-ethyl adjacent to an activating group) is 1. The van der Waals surface area contributed by atoms with Crippen molar-refractivity contribution in [2.75, 3.05) is 18.5 Å². The van der Waals surface area contributed by atoms with Crippen LogP contribution in [-0.4, -0.2) is 19.9 Å². The van der Waals surface area contributed by atoms with E-state index in [0.29, 0.717) is 0 Å². The van der Waals surface area contributed by atoms with E-state index in [1.807, 2.05) is 31.3 Å². The fourth-order valence-corrected chi connectivity index (χ4v) is 2.66. The molecule has 0 saturated heterocycles. The first-order chi connectivity index (χ1) is 11.9. The van der Waals surface area contributed by atoms with Crippen LogP contribution in [0.5, 0.6) is 0 Å². The van der Waals surface area contributed by atoms with Crippen LogP contribution in [-0.2, 0) is 0 Å². The fraction of sp³-hybridized carbons (Fsp3) is 0.435. The van der Waals surface area contributed by atoms with Crippen molar-refractivity contribution in [2.24, 2.45) is 0 Å². The number of benzene rings is 1. The molecule has 2 heteroatoms. The van der Waals surface area contributed by atoms with Crippen LogP contribution in [0.15, 0.2) is 59.2 Å². The Bertz CT molecular complexity index is 633. The van der Waals surface area contributed by atoms with E-state index in [1.54, 1.807) is 0 Å². The summed E-state index contributed by atoms with van der Waals surface area (Å²) in [7, 11) is 2.03. The molecule has 0 radical (unpaired) electrons. The Hall–Kier alpha value is -2.09. The molecule has 136 valence electrons. The second-order valence-electron chi connectivity index (χ2n) is 7.02.